The Morgan fingerprint density at radius 2 is 1.18 bits per heavy atom. The molecule has 0 fully saturated rings. The zero-order valence-corrected chi connectivity index (χ0v) is 15.0. The van der Waals surface area contributed by atoms with Crippen LogP contribution in [-0.4, -0.2) is 17.2 Å². The van der Waals surface area contributed by atoms with Gasteiger partial charge in [-0.2, -0.15) is 0 Å². The molecule has 1 unspecified atom stereocenters. The van der Waals surface area contributed by atoms with Crippen molar-refractivity contribution in [2.24, 2.45) is 0 Å². The van der Waals surface area contributed by atoms with Gasteiger partial charge in [0.2, 0.25) is 0 Å². The second-order valence-electron chi connectivity index (χ2n) is 6.59. The second-order valence-corrected chi connectivity index (χ2v) is 6.59. The van der Waals surface area contributed by atoms with Crippen LogP contribution in [-0.2, 0) is 0 Å². The molecule has 0 heterocycles. The van der Waals surface area contributed by atoms with E-state index in [1.165, 1.54) is 77.0 Å². The van der Waals surface area contributed by atoms with Crippen molar-refractivity contribution in [3.05, 3.63) is 0 Å². The lowest BCUT2D eigenvalue weighted by molar-refractivity contribution is 0.188. The minimum absolute atomic E-state index is 0.144. The Labute approximate surface area is 138 Å². The van der Waals surface area contributed by atoms with E-state index in [0.717, 1.165) is 19.3 Å². The van der Waals surface area contributed by atoms with Gasteiger partial charge in [-0.15, -0.1) is 0 Å². The van der Waals surface area contributed by atoms with Crippen LogP contribution in [0, 0.1) is 0 Å². The third-order valence-electron chi connectivity index (χ3n) is 4.48. The number of nitrogens with one attached hydrogen (secondary N) is 1. The number of carboxylic acid groups (broad SMARTS) is 1. The van der Waals surface area contributed by atoms with Gasteiger partial charge in [0.25, 0.3) is 0 Å². The van der Waals surface area contributed by atoms with Crippen LogP contribution < -0.4 is 5.32 Å². The van der Waals surface area contributed by atoms with Crippen molar-refractivity contribution in [1.29, 1.82) is 0 Å². The lowest BCUT2D eigenvalue weighted by Crippen LogP contribution is -2.32. The number of unbranched alkanes of at least 4 members (excludes halogenated alkanes) is 12. The Hall–Kier alpha value is -0.730. The largest absolute Gasteiger partial charge is 0.465 e. The molecule has 0 saturated heterocycles. The van der Waals surface area contributed by atoms with Crippen molar-refractivity contribution in [3.8, 4) is 0 Å². The first-order chi connectivity index (χ1) is 10.7. The molecule has 0 aliphatic carbocycles. The lowest BCUT2D eigenvalue weighted by atomic mass is 10.0. The molecular weight excluding hydrogens is 274 g/mol. The first-order valence-electron chi connectivity index (χ1n) is 9.70. The number of rotatable bonds is 16. The van der Waals surface area contributed by atoms with E-state index >= 15 is 0 Å². The summed E-state index contributed by atoms with van der Waals surface area (Å²) < 4.78 is 0. The van der Waals surface area contributed by atoms with Gasteiger partial charge in [0.05, 0.1) is 0 Å². The predicted octanol–water partition coefficient (Wildman–Crippen LogP) is 6.51. The molecule has 0 radical (unpaired) electrons. The highest BCUT2D eigenvalue weighted by atomic mass is 16.4. The van der Waals surface area contributed by atoms with E-state index in [-0.39, 0.29) is 6.04 Å². The number of hydrogen-bond donors (Lipinski definition) is 2. The fraction of sp³-hybridized carbons (Fsp3) is 0.947. The van der Waals surface area contributed by atoms with Crippen molar-refractivity contribution >= 4 is 6.09 Å². The highest BCUT2D eigenvalue weighted by molar-refractivity contribution is 5.64. The van der Waals surface area contributed by atoms with E-state index in [9.17, 15) is 4.79 Å². The van der Waals surface area contributed by atoms with E-state index in [0.29, 0.717) is 0 Å². The summed E-state index contributed by atoms with van der Waals surface area (Å²) in [7, 11) is 0. The monoisotopic (exact) mass is 313 g/mol. The van der Waals surface area contributed by atoms with E-state index in [2.05, 4.69) is 12.2 Å². The van der Waals surface area contributed by atoms with Gasteiger partial charge in [-0.1, -0.05) is 97.3 Å². The quantitative estimate of drug-likeness (QED) is 0.319. The number of hydrogen-bond acceptors (Lipinski definition) is 1. The van der Waals surface area contributed by atoms with Crippen LogP contribution in [0.2, 0.25) is 0 Å². The molecule has 3 nitrogen and oxygen atoms in total. The van der Waals surface area contributed by atoms with Crippen molar-refractivity contribution < 1.29 is 9.90 Å². The van der Waals surface area contributed by atoms with Crippen molar-refractivity contribution in [3.63, 3.8) is 0 Å². The average Bonchev–Trinajstić information content (AvgIpc) is 2.50. The summed E-state index contributed by atoms with van der Waals surface area (Å²) >= 11 is 0. The van der Waals surface area contributed by atoms with Crippen molar-refractivity contribution in [2.45, 2.75) is 116 Å². The van der Waals surface area contributed by atoms with Crippen molar-refractivity contribution in [2.75, 3.05) is 0 Å². The van der Waals surface area contributed by atoms with Gasteiger partial charge in [0.15, 0.2) is 0 Å². The molecule has 0 aromatic rings. The summed E-state index contributed by atoms with van der Waals surface area (Å²) in [6.07, 6.45) is 18.7. The Morgan fingerprint density at radius 1 is 0.773 bits per heavy atom. The molecule has 3 heteroatoms. The van der Waals surface area contributed by atoms with Gasteiger partial charge in [0, 0.05) is 6.04 Å². The Balaban J connectivity index is 3.18. The normalized spacial score (nSPS) is 12.3. The summed E-state index contributed by atoms with van der Waals surface area (Å²) in [5.74, 6) is 0. The first kappa shape index (κ1) is 21.3. The maximum absolute atomic E-state index is 10.6. The van der Waals surface area contributed by atoms with Crippen LogP contribution in [0.15, 0.2) is 0 Å². The Morgan fingerprint density at radius 3 is 1.55 bits per heavy atom. The van der Waals surface area contributed by atoms with Crippen LogP contribution in [0.4, 0.5) is 4.79 Å². The van der Waals surface area contributed by atoms with Gasteiger partial charge in [0.1, 0.15) is 0 Å². The lowest BCUT2D eigenvalue weighted by Gasteiger charge is -2.14. The summed E-state index contributed by atoms with van der Waals surface area (Å²) in [6, 6.07) is 0.144. The van der Waals surface area contributed by atoms with Gasteiger partial charge in [-0.25, -0.2) is 4.79 Å². The topological polar surface area (TPSA) is 49.3 Å². The number of carbonyl (C=O) groups is 1. The fourth-order valence-corrected chi connectivity index (χ4v) is 2.96. The van der Waals surface area contributed by atoms with Crippen LogP contribution in [0.25, 0.3) is 0 Å². The molecule has 22 heavy (non-hydrogen) atoms. The maximum Gasteiger partial charge on any atom is 0.404 e. The van der Waals surface area contributed by atoms with Crippen molar-refractivity contribution in [1.82, 2.24) is 5.32 Å². The smallest absolute Gasteiger partial charge is 0.404 e. The summed E-state index contributed by atoms with van der Waals surface area (Å²) in [5.41, 5.74) is 0. The Kier molecular flexibility index (Phi) is 16.1. The summed E-state index contributed by atoms with van der Waals surface area (Å²) in [5, 5.41) is 11.3. The zero-order valence-electron chi connectivity index (χ0n) is 15.0. The molecule has 0 spiro atoms. The van der Waals surface area contributed by atoms with Crippen LogP contribution in [0.5, 0.6) is 0 Å². The minimum Gasteiger partial charge on any atom is -0.465 e. The van der Waals surface area contributed by atoms with Gasteiger partial charge >= 0.3 is 6.09 Å². The van der Waals surface area contributed by atoms with E-state index in [1.807, 2.05) is 6.92 Å². The van der Waals surface area contributed by atoms with E-state index < -0.39 is 6.09 Å². The molecule has 1 atom stereocenters. The fourth-order valence-electron chi connectivity index (χ4n) is 2.96. The second kappa shape index (κ2) is 16.6. The van der Waals surface area contributed by atoms with E-state index in [4.69, 9.17) is 5.11 Å². The van der Waals surface area contributed by atoms with Gasteiger partial charge < -0.3 is 10.4 Å². The predicted molar refractivity (Wildman–Crippen MR) is 95.6 cm³/mol. The van der Waals surface area contributed by atoms with E-state index in [1.54, 1.807) is 0 Å². The average molecular weight is 314 g/mol. The Bertz CT molecular complexity index is 244. The molecule has 0 aromatic carbocycles. The molecule has 1 amide bonds. The molecule has 0 aliphatic rings. The van der Waals surface area contributed by atoms with Crippen LogP contribution in [0.3, 0.4) is 0 Å². The molecule has 0 aliphatic heterocycles. The SMILES string of the molecule is CCCCCCCCCCCCCCCC(CC)NC(=O)O. The van der Waals surface area contributed by atoms with Gasteiger partial charge in [-0.3, -0.25) is 0 Å². The van der Waals surface area contributed by atoms with Crippen LogP contribution in [0.1, 0.15) is 110 Å². The molecular formula is C19H39NO2. The molecule has 0 bridgehead atoms. The highest BCUT2D eigenvalue weighted by Crippen LogP contribution is 2.13. The molecule has 0 aromatic heterocycles. The maximum atomic E-state index is 10.6. The highest BCUT2D eigenvalue weighted by Gasteiger charge is 2.07. The van der Waals surface area contributed by atoms with Crippen LogP contribution >= 0.6 is 0 Å². The van der Waals surface area contributed by atoms with Gasteiger partial charge in [-0.05, 0) is 12.8 Å². The molecule has 2 N–H and O–H groups in total. The molecule has 132 valence electrons. The molecule has 0 saturated carbocycles. The summed E-state index contributed by atoms with van der Waals surface area (Å²) in [6.45, 7) is 4.31. The third kappa shape index (κ3) is 15.7. The summed E-state index contributed by atoms with van der Waals surface area (Å²) in [4.78, 5) is 10.6. The molecule has 0 rings (SSSR count). The minimum atomic E-state index is -0.887. The standard InChI is InChI=1S/C19H39NO2/c1-3-5-6-7-8-9-10-11-12-13-14-15-16-17-18(4-2)20-19(21)22/h18,20H,3-17H2,1-2H3,(H,21,22). The zero-order chi connectivity index (χ0) is 16.5. The first-order valence-corrected chi connectivity index (χ1v) is 9.70. The third-order valence-corrected chi connectivity index (χ3v) is 4.48. The number of amides is 1.